The van der Waals surface area contributed by atoms with Gasteiger partial charge in [-0.3, -0.25) is 9.55 Å². The number of nitrogens with zero attached hydrogens (tertiary/aromatic N) is 3. The normalized spacial score (nSPS) is 12.2. The van der Waals surface area contributed by atoms with Crippen LogP contribution in [0.5, 0.6) is 5.75 Å². The summed E-state index contributed by atoms with van der Waals surface area (Å²) in [4.78, 5) is 10.6. The number of imidazole rings is 1. The standard InChI is InChI=1S/C61H59N3O/c1-39-24-29-54(50(32-39)42-25-27-47(28-26-42)59(2,3)4)64-55-23-17-22-49(56(55)63-58(64)51-37-48(60(5,6)7)38-52(57(51)65)61(8,9)10)45-33-44(41-20-15-12-16-21-41)34-46(35-45)53-36-43(30-31-62-53)40-18-13-11-14-19-40/h11-38,65H,1-10H3. The van der Waals surface area contributed by atoms with Gasteiger partial charge in [-0.25, -0.2) is 4.98 Å². The average Bonchev–Trinajstić information content (AvgIpc) is 3.68. The van der Waals surface area contributed by atoms with Gasteiger partial charge in [0, 0.05) is 28.5 Å². The summed E-state index contributed by atoms with van der Waals surface area (Å²) < 4.78 is 2.28. The highest BCUT2D eigenvalue weighted by molar-refractivity contribution is 5.98. The van der Waals surface area contributed by atoms with E-state index in [-0.39, 0.29) is 22.0 Å². The molecule has 0 bridgehead atoms. The highest BCUT2D eigenvalue weighted by Crippen LogP contribution is 2.46. The maximum Gasteiger partial charge on any atom is 0.149 e. The number of aryl methyl sites for hydroxylation is 1. The number of hydrogen-bond donors (Lipinski definition) is 1. The number of fused-ring (bicyclic) bond motifs is 1. The van der Waals surface area contributed by atoms with E-state index in [1.54, 1.807) is 0 Å². The maximum absolute atomic E-state index is 12.6. The minimum atomic E-state index is -0.327. The number of rotatable bonds is 7. The third-order valence-electron chi connectivity index (χ3n) is 12.7. The van der Waals surface area contributed by atoms with Crippen molar-refractivity contribution in [1.82, 2.24) is 14.5 Å². The SMILES string of the molecule is Cc1ccc(-n2c(-c3cc(C(C)(C)C)cc(C(C)(C)C)c3O)nc3c(-c4cc(-c5ccccc5)cc(-c5cc(-c6ccccc6)ccn5)c4)cccc32)c(-c2ccc(C(C)(C)C)cc2)c1. The van der Waals surface area contributed by atoms with E-state index < -0.39 is 0 Å². The summed E-state index contributed by atoms with van der Waals surface area (Å²) in [6.45, 7) is 22.1. The van der Waals surface area contributed by atoms with E-state index in [1.165, 1.54) is 5.56 Å². The molecule has 2 heterocycles. The number of phenols is 1. The van der Waals surface area contributed by atoms with Crippen molar-refractivity contribution in [2.75, 3.05) is 0 Å². The Hall–Kier alpha value is -7.04. The van der Waals surface area contributed by atoms with Crippen LogP contribution in [0, 0.1) is 6.92 Å². The van der Waals surface area contributed by atoms with Crippen molar-refractivity contribution in [3.05, 3.63) is 192 Å². The smallest absolute Gasteiger partial charge is 0.149 e. The summed E-state index contributed by atoms with van der Waals surface area (Å²) in [7, 11) is 0. The second kappa shape index (κ2) is 16.5. The molecule has 0 aliphatic rings. The van der Waals surface area contributed by atoms with E-state index in [4.69, 9.17) is 9.97 Å². The monoisotopic (exact) mass is 849 g/mol. The number of aromatic hydroxyl groups is 1. The molecule has 0 saturated carbocycles. The Morgan fingerprint density at radius 3 is 1.72 bits per heavy atom. The minimum absolute atomic E-state index is 0.0247. The van der Waals surface area contributed by atoms with Crippen LogP contribution in [0.4, 0.5) is 0 Å². The Bertz CT molecular complexity index is 3190. The van der Waals surface area contributed by atoms with Gasteiger partial charge in [0.25, 0.3) is 0 Å². The zero-order chi connectivity index (χ0) is 45.8. The van der Waals surface area contributed by atoms with Crippen molar-refractivity contribution in [1.29, 1.82) is 0 Å². The first-order valence-corrected chi connectivity index (χ1v) is 22.8. The summed E-state index contributed by atoms with van der Waals surface area (Å²) in [6.07, 6.45) is 1.90. The zero-order valence-corrected chi connectivity index (χ0v) is 39.5. The van der Waals surface area contributed by atoms with Crippen LogP contribution >= 0.6 is 0 Å². The van der Waals surface area contributed by atoms with Crippen molar-refractivity contribution >= 4 is 11.0 Å². The fourth-order valence-corrected chi connectivity index (χ4v) is 8.92. The van der Waals surface area contributed by atoms with Crippen LogP contribution in [-0.4, -0.2) is 19.6 Å². The highest BCUT2D eigenvalue weighted by atomic mass is 16.3. The molecule has 0 aliphatic carbocycles. The van der Waals surface area contributed by atoms with E-state index in [0.29, 0.717) is 11.4 Å². The molecule has 0 unspecified atom stereocenters. The third-order valence-corrected chi connectivity index (χ3v) is 12.7. The molecule has 1 N–H and O–H groups in total. The summed E-state index contributed by atoms with van der Waals surface area (Å²) in [5, 5.41) is 12.6. The molecule has 2 aromatic heterocycles. The molecule has 4 heteroatoms. The number of phenolic OH excluding ortho intramolecular Hbond substituents is 1. The van der Waals surface area contributed by atoms with E-state index in [1.807, 2.05) is 12.3 Å². The summed E-state index contributed by atoms with van der Waals surface area (Å²) in [6, 6.07) is 58.5. The van der Waals surface area contributed by atoms with Crippen molar-refractivity contribution in [3.8, 4) is 78.6 Å². The van der Waals surface area contributed by atoms with Gasteiger partial charge in [-0.05, 0) is 122 Å². The van der Waals surface area contributed by atoms with Gasteiger partial charge in [0.15, 0.2) is 0 Å². The third kappa shape index (κ3) is 8.54. The van der Waals surface area contributed by atoms with Crippen LogP contribution in [0.2, 0.25) is 0 Å². The molecular weight excluding hydrogens is 791 g/mol. The van der Waals surface area contributed by atoms with E-state index in [0.717, 1.165) is 89.2 Å². The lowest BCUT2D eigenvalue weighted by molar-refractivity contribution is 0.446. The molecule has 4 nitrogen and oxygen atoms in total. The lowest BCUT2D eigenvalue weighted by Crippen LogP contribution is -2.17. The van der Waals surface area contributed by atoms with Crippen LogP contribution < -0.4 is 0 Å². The Kier molecular flexibility index (Phi) is 11.0. The first kappa shape index (κ1) is 43.2. The molecule has 65 heavy (non-hydrogen) atoms. The quantitative estimate of drug-likeness (QED) is 0.174. The number of hydrogen-bond acceptors (Lipinski definition) is 3. The highest BCUT2D eigenvalue weighted by Gasteiger charge is 2.29. The molecule has 0 fully saturated rings. The number of pyridine rings is 1. The molecule has 0 atom stereocenters. The van der Waals surface area contributed by atoms with Gasteiger partial charge in [0.1, 0.15) is 11.6 Å². The van der Waals surface area contributed by atoms with Gasteiger partial charge in [0.05, 0.1) is 28.0 Å². The summed E-state index contributed by atoms with van der Waals surface area (Å²) in [5.41, 5.74) is 18.1. The molecule has 324 valence electrons. The first-order valence-electron chi connectivity index (χ1n) is 22.8. The largest absolute Gasteiger partial charge is 0.507 e. The second-order valence-corrected chi connectivity index (χ2v) is 20.7. The molecule has 0 spiro atoms. The number of aromatic nitrogens is 3. The lowest BCUT2D eigenvalue weighted by Gasteiger charge is -2.27. The molecular formula is C61H59N3O. The summed E-state index contributed by atoms with van der Waals surface area (Å²) >= 11 is 0. The predicted molar refractivity (Wildman–Crippen MR) is 274 cm³/mol. The molecule has 9 rings (SSSR count). The van der Waals surface area contributed by atoms with Crippen molar-refractivity contribution in [3.63, 3.8) is 0 Å². The van der Waals surface area contributed by atoms with Crippen molar-refractivity contribution in [2.45, 2.75) is 85.5 Å². The van der Waals surface area contributed by atoms with E-state index in [9.17, 15) is 5.11 Å². The van der Waals surface area contributed by atoms with Gasteiger partial charge < -0.3 is 5.11 Å². The fraction of sp³-hybridized carbons (Fsp3) is 0.213. The van der Waals surface area contributed by atoms with Crippen LogP contribution in [0.15, 0.2) is 170 Å². The topological polar surface area (TPSA) is 50.9 Å². The molecule has 7 aromatic carbocycles. The van der Waals surface area contributed by atoms with Gasteiger partial charge in [-0.1, -0.05) is 177 Å². The maximum atomic E-state index is 12.6. The van der Waals surface area contributed by atoms with Gasteiger partial charge in [0.2, 0.25) is 0 Å². The number of benzene rings is 7. The molecule has 0 amide bonds. The Labute approximate surface area is 385 Å². The first-order chi connectivity index (χ1) is 30.9. The van der Waals surface area contributed by atoms with E-state index in [2.05, 4.69) is 232 Å². The number of para-hydroxylation sites is 1. The van der Waals surface area contributed by atoms with Crippen LogP contribution in [-0.2, 0) is 16.2 Å². The van der Waals surface area contributed by atoms with Crippen molar-refractivity contribution < 1.29 is 5.11 Å². The Balaban J connectivity index is 1.35. The summed E-state index contributed by atoms with van der Waals surface area (Å²) in [5.74, 6) is 0.944. The van der Waals surface area contributed by atoms with Crippen molar-refractivity contribution in [2.24, 2.45) is 0 Å². The predicted octanol–water partition coefficient (Wildman–Crippen LogP) is 16.3. The van der Waals surface area contributed by atoms with E-state index >= 15 is 0 Å². The van der Waals surface area contributed by atoms with Gasteiger partial charge >= 0.3 is 0 Å². The molecule has 0 saturated heterocycles. The molecule has 9 aromatic rings. The second-order valence-electron chi connectivity index (χ2n) is 20.7. The lowest BCUT2D eigenvalue weighted by atomic mass is 9.79. The zero-order valence-electron chi connectivity index (χ0n) is 39.5. The molecule has 0 radical (unpaired) electrons. The fourth-order valence-electron chi connectivity index (χ4n) is 8.92. The van der Waals surface area contributed by atoms with Crippen LogP contribution in [0.3, 0.4) is 0 Å². The van der Waals surface area contributed by atoms with Gasteiger partial charge in [-0.2, -0.15) is 0 Å². The minimum Gasteiger partial charge on any atom is -0.507 e. The molecule has 0 aliphatic heterocycles. The van der Waals surface area contributed by atoms with Crippen LogP contribution in [0.1, 0.15) is 84.6 Å². The Morgan fingerprint density at radius 2 is 1.08 bits per heavy atom. The van der Waals surface area contributed by atoms with Gasteiger partial charge in [-0.15, -0.1) is 0 Å². The van der Waals surface area contributed by atoms with Crippen LogP contribution in [0.25, 0.3) is 83.9 Å². The Morgan fingerprint density at radius 1 is 0.446 bits per heavy atom. The average molecular weight is 850 g/mol.